The van der Waals surface area contributed by atoms with Crippen LogP contribution in [0.5, 0.6) is 17.2 Å². The predicted molar refractivity (Wildman–Crippen MR) is 186 cm³/mol. The summed E-state index contributed by atoms with van der Waals surface area (Å²) in [4.78, 5) is 30.0. The highest BCUT2D eigenvalue weighted by molar-refractivity contribution is 7.92. The zero-order valence-corrected chi connectivity index (χ0v) is 28.8. The zero-order chi connectivity index (χ0) is 34.7. The Hall–Kier alpha value is -5.03. The first-order valence-corrected chi connectivity index (χ1v) is 17.0. The average Bonchev–Trinajstić information content (AvgIpc) is 3.11. The molecule has 2 amide bonds. The number of benzene rings is 4. The number of amides is 2. The molecule has 4 rings (SSSR count). The summed E-state index contributed by atoms with van der Waals surface area (Å²) in [7, 11) is 0.153. The summed E-state index contributed by atoms with van der Waals surface area (Å²) in [5, 5.41) is 3.00. The van der Waals surface area contributed by atoms with Gasteiger partial charge in [0.15, 0.2) is 0 Å². The van der Waals surface area contributed by atoms with E-state index >= 15 is 0 Å². The summed E-state index contributed by atoms with van der Waals surface area (Å²) in [6.45, 7) is 3.79. The van der Waals surface area contributed by atoms with E-state index < -0.39 is 28.5 Å². The molecule has 0 aliphatic heterocycles. The molecule has 0 heterocycles. The molecular weight excluding hydrogens is 630 g/mol. The first-order chi connectivity index (χ1) is 23.1. The lowest BCUT2D eigenvalue weighted by Gasteiger charge is -2.34. The maximum absolute atomic E-state index is 14.7. The number of ether oxygens (including phenoxy) is 3. The highest BCUT2D eigenvalue weighted by Gasteiger charge is 2.35. The largest absolute Gasteiger partial charge is 0.497 e. The topological polar surface area (TPSA) is 114 Å². The molecule has 0 aromatic heterocycles. The maximum Gasteiger partial charge on any atom is 0.264 e. The third-order valence-corrected chi connectivity index (χ3v) is 9.50. The van der Waals surface area contributed by atoms with Crippen LogP contribution in [0.1, 0.15) is 25.0 Å². The Labute approximate surface area is 283 Å². The van der Waals surface area contributed by atoms with Crippen molar-refractivity contribution >= 4 is 27.5 Å². The Kier molecular flexibility index (Phi) is 12.5. The molecule has 0 aliphatic carbocycles. The summed E-state index contributed by atoms with van der Waals surface area (Å²) in [5.41, 5.74) is 1.73. The number of nitrogens with one attached hydrogen (secondary N) is 1. The van der Waals surface area contributed by atoms with E-state index in [1.165, 1.54) is 31.3 Å². The molecule has 0 spiro atoms. The second-order valence-corrected chi connectivity index (χ2v) is 13.4. The van der Waals surface area contributed by atoms with E-state index in [1.807, 2.05) is 50.2 Å². The van der Waals surface area contributed by atoms with Crippen LogP contribution >= 0.6 is 0 Å². The van der Waals surface area contributed by atoms with Gasteiger partial charge in [-0.2, -0.15) is 0 Å². The number of methoxy groups -OCH3 is 3. The van der Waals surface area contributed by atoms with Crippen LogP contribution in [0.3, 0.4) is 0 Å². The minimum Gasteiger partial charge on any atom is -0.497 e. The van der Waals surface area contributed by atoms with E-state index in [1.54, 1.807) is 61.7 Å². The van der Waals surface area contributed by atoms with Gasteiger partial charge in [-0.05, 0) is 65.6 Å². The van der Waals surface area contributed by atoms with Crippen LogP contribution in [0.4, 0.5) is 5.69 Å². The van der Waals surface area contributed by atoms with Gasteiger partial charge >= 0.3 is 0 Å². The standard InChI is InChI=1S/C37H43N3O7S/c1-27(2)24-38-37(42)34(23-28-12-7-6-8-13-28)39(25-29-14-11-15-31(22-29)46-4)36(41)26-40(33-16-9-10-17-35(33)47-5)48(43,44)32-20-18-30(45-3)19-21-32/h6-22,27,34H,23-26H2,1-5H3,(H,38,42)/t34-/m1/s1. The number of nitrogens with zero attached hydrogens (tertiary/aromatic N) is 2. The second kappa shape index (κ2) is 16.7. The van der Waals surface area contributed by atoms with Crippen LogP contribution < -0.4 is 23.8 Å². The monoisotopic (exact) mass is 673 g/mol. The van der Waals surface area contributed by atoms with Gasteiger partial charge < -0.3 is 24.4 Å². The molecule has 1 atom stereocenters. The molecule has 0 saturated heterocycles. The van der Waals surface area contributed by atoms with Crippen molar-refractivity contribution < 1.29 is 32.2 Å². The van der Waals surface area contributed by atoms with E-state index in [0.29, 0.717) is 23.6 Å². The highest BCUT2D eigenvalue weighted by Crippen LogP contribution is 2.33. The fourth-order valence-electron chi connectivity index (χ4n) is 5.17. The summed E-state index contributed by atoms with van der Waals surface area (Å²) in [6, 6.07) is 28.2. The molecule has 0 fully saturated rings. The number of hydrogen-bond acceptors (Lipinski definition) is 7. The molecule has 0 unspecified atom stereocenters. The molecule has 0 saturated carbocycles. The fourth-order valence-corrected chi connectivity index (χ4v) is 6.59. The first kappa shape index (κ1) is 35.8. The van der Waals surface area contributed by atoms with E-state index in [4.69, 9.17) is 14.2 Å². The Morgan fingerprint density at radius 3 is 2.04 bits per heavy atom. The molecule has 0 bridgehead atoms. The summed E-state index contributed by atoms with van der Waals surface area (Å²) in [5.74, 6) is 0.574. The van der Waals surface area contributed by atoms with Crippen LogP contribution in [0.15, 0.2) is 108 Å². The van der Waals surface area contributed by atoms with Gasteiger partial charge in [-0.25, -0.2) is 8.42 Å². The number of hydrogen-bond donors (Lipinski definition) is 1. The van der Waals surface area contributed by atoms with Crippen molar-refractivity contribution in [3.8, 4) is 17.2 Å². The van der Waals surface area contributed by atoms with E-state index in [2.05, 4.69) is 5.32 Å². The van der Waals surface area contributed by atoms with Crippen molar-refractivity contribution in [1.82, 2.24) is 10.2 Å². The molecule has 254 valence electrons. The number of carbonyl (C=O) groups is 2. The van der Waals surface area contributed by atoms with Gasteiger partial charge in [-0.1, -0.05) is 68.4 Å². The normalized spacial score (nSPS) is 11.8. The second-order valence-electron chi connectivity index (χ2n) is 11.6. The quantitative estimate of drug-likeness (QED) is 0.171. The van der Waals surface area contributed by atoms with Gasteiger partial charge in [0.1, 0.15) is 29.8 Å². The van der Waals surface area contributed by atoms with Crippen molar-refractivity contribution in [2.45, 2.75) is 37.8 Å². The van der Waals surface area contributed by atoms with Crippen molar-refractivity contribution in [2.75, 3.05) is 38.7 Å². The average molecular weight is 674 g/mol. The number of rotatable bonds is 16. The van der Waals surface area contributed by atoms with Crippen LogP contribution in [0.2, 0.25) is 0 Å². The minimum atomic E-state index is -4.32. The third-order valence-electron chi connectivity index (χ3n) is 7.72. The third kappa shape index (κ3) is 9.07. The van der Waals surface area contributed by atoms with Crippen LogP contribution in [-0.4, -0.2) is 65.6 Å². The molecule has 48 heavy (non-hydrogen) atoms. The molecule has 10 nitrogen and oxygen atoms in total. The lowest BCUT2D eigenvalue weighted by molar-refractivity contribution is -0.140. The highest BCUT2D eigenvalue weighted by atomic mass is 32.2. The van der Waals surface area contributed by atoms with Gasteiger partial charge in [0, 0.05) is 19.5 Å². The van der Waals surface area contributed by atoms with Crippen LogP contribution in [0, 0.1) is 5.92 Å². The maximum atomic E-state index is 14.7. The lowest BCUT2D eigenvalue weighted by atomic mass is 10.0. The molecular formula is C37H43N3O7S. The van der Waals surface area contributed by atoms with Gasteiger partial charge in [-0.15, -0.1) is 0 Å². The molecule has 4 aromatic rings. The molecule has 0 aliphatic rings. The van der Waals surface area contributed by atoms with Crippen LogP contribution in [0.25, 0.3) is 0 Å². The van der Waals surface area contributed by atoms with Crippen molar-refractivity contribution in [1.29, 1.82) is 0 Å². The van der Waals surface area contributed by atoms with E-state index in [0.717, 1.165) is 9.87 Å². The Morgan fingerprint density at radius 2 is 1.40 bits per heavy atom. The van der Waals surface area contributed by atoms with Crippen LogP contribution in [-0.2, 0) is 32.6 Å². The van der Waals surface area contributed by atoms with E-state index in [9.17, 15) is 18.0 Å². The van der Waals surface area contributed by atoms with Crippen molar-refractivity contribution in [3.05, 3.63) is 114 Å². The zero-order valence-electron chi connectivity index (χ0n) is 28.0. The minimum absolute atomic E-state index is 0.0188. The molecule has 0 radical (unpaired) electrons. The number of sulfonamides is 1. The van der Waals surface area contributed by atoms with Gasteiger partial charge in [0.05, 0.1) is 31.9 Å². The number of carbonyl (C=O) groups excluding carboxylic acids is 2. The van der Waals surface area contributed by atoms with Crippen molar-refractivity contribution in [2.24, 2.45) is 5.92 Å². The van der Waals surface area contributed by atoms with Crippen molar-refractivity contribution in [3.63, 3.8) is 0 Å². The Morgan fingerprint density at radius 1 is 0.750 bits per heavy atom. The summed E-state index contributed by atoms with van der Waals surface area (Å²) in [6.07, 6.45) is 0.209. The number of anilines is 1. The molecule has 1 N–H and O–H groups in total. The molecule has 4 aromatic carbocycles. The number of para-hydroxylation sites is 2. The Balaban J connectivity index is 1.83. The fraction of sp³-hybridized carbons (Fsp3) is 0.297. The molecule has 11 heteroatoms. The first-order valence-electron chi connectivity index (χ1n) is 15.6. The SMILES string of the molecule is COc1ccc(S(=O)(=O)N(CC(=O)N(Cc2cccc(OC)c2)[C@H](Cc2ccccc2)C(=O)NCC(C)C)c2ccccc2OC)cc1. The summed E-state index contributed by atoms with van der Waals surface area (Å²) >= 11 is 0. The smallest absolute Gasteiger partial charge is 0.264 e. The summed E-state index contributed by atoms with van der Waals surface area (Å²) < 4.78 is 45.9. The predicted octanol–water partition coefficient (Wildman–Crippen LogP) is 5.32. The van der Waals surface area contributed by atoms with Gasteiger partial charge in [0.2, 0.25) is 11.8 Å². The lowest BCUT2D eigenvalue weighted by Crippen LogP contribution is -2.53. The van der Waals surface area contributed by atoms with Gasteiger partial charge in [-0.3, -0.25) is 13.9 Å². The van der Waals surface area contributed by atoms with E-state index in [-0.39, 0.29) is 41.1 Å². The van der Waals surface area contributed by atoms with Gasteiger partial charge in [0.25, 0.3) is 10.0 Å². The Bertz CT molecular complexity index is 1760.